The second-order valence-corrected chi connectivity index (χ2v) is 8.44. The number of aromatic nitrogens is 1. The first kappa shape index (κ1) is 18.0. The molecule has 1 aromatic heterocycles. The molecule has 6 heteroatoms. The van der Waals surface area contributed by atoms with E-state index in [9.17, 15) is 4.39 Å². The fourth-order valence-electron chi connectivity index (χ4n) is 5.01. The minimum Gasteiger partial charge on any atom is -0.378 e. The Morgan fingerprint density at radius 1 is 1.03 bits per heavy atom. The third-order valence-electron chi connectivity index (χ3n) is 6.68. The third kappa shape index (κ3) is 3.06. The number of halogens is 1. The van der Waals surface area contributed by atoms with Crippen molar-refractivity contribution in [2.45, 2.75) is 12.8 Å². The van der Waals surface area contributed by atoms with Gasteiger partial charge >= 0.3 is 0 Å². The van der Waals surface area contributed by atoms with Crippen LogP contribution in [-0.2, 0) is 4.74 Å². The van der Waals surface area contributed by atoms with Crippen LogP contribution in [0.3, 0.4) is 0 Å². The Labute approximate surface area is 175 Å². The molecule has 1 aromatic carbocycles. The van der Waals surface area contributed by atoms with E-state index < -0.39 is 0 Å². The monoisotopic (exact) mass is 404 g/mol. The van der Waals surface area contributed by atoms with Gasteiger partial charge in [0.15, 0.2) is 0 Å². The van der Waals surface area contributed by atoms with Crippen molar-refractivity contribution in [3.05, 3.63) is 65.3 Å². The van der Waals surface area contributed by atoms with Crippen molar-refractivity contribution < 1.29 is 9.13 Å². The highest BCUT2D eigenvalue weighted by Crippen LogP contribution is 2.41. The first-order chi connectivity index (χ1) is 14.7. The van der Waals surface area contributed by atoms with E-state index >= 15 is 0 Å². The molecule has 1 atom stereocenters. The largest absolute Gasteiger partial charge is 0.378 e. The number of fused-ring (bicyclic) bond motifs is 3. The number of anilines is 2. The highest BCUT2D eigenvalue weighted by molar-refractivity contribution is 5.84. The van der Waals surface area contributed by atoms with Crippen molar-refractivity contribution >= 4 is 22.4 Å². The van der Waals surface area contributed by atoms with Crippen LogP contribution in [0.2, 0.25) is 0 Å². The minimum atomic E-state index is -0.0260. The van der Waals surface area contributed by atoms with E-state index in [0.29, 0.717) is 6.42 Å². The first-order valence-corrected chi connectivity index (χ1v) is 10.8. The van der Waals surface area contributed by atoms with Crippen molar-refractivity contribution in [3.8, 4) is 0 Å². The fourth-order valence-corrected chi connectivity index (χ4v) is 5.01. The van der Waals surface area contributed by atoms with Crippen molar-refractivity contribution in [2.24, 2.45) is 5.92 Å². The van der Waals surface area contributed by atoms with Gasteiger partial charge in [-0.25, -0.2) is 9.37 Å². The zero-order valence-corrected chi connectivity index (χ0v) is 16.9. The van der Waals surface area contributed by atoms with Crippen LogP contribution >= 0.6 is 0 Å². The lowest BCUT2D eigenvalue weighted by molar-refractivity contribution is 0.122. The van der Waals surface area contributed by atoms with E-state index in [-0.39, 0.29) is 11.7 Å². The van der Waals surface area contributed by atoms with E-state index in [2.05, 4.69) is 45.4 Å². The van der Waals surface area contributed by atoms with E-state index in [1.165, 1.54) is 17.0 Å². The maximum Gasteiger partial charge on any atom is 0.129 e. The van der Waals surface area contributed by atoms with Gasteiger partial charge in [0.25, 0.3) is 0 Å². The molecule has 0 saturated carbocycles. The number of pyridine rings is 1. The number of benzene rings is 1. The number of nitrogens with one attached hydrogen (secondary N) is 1. The standard InChI is InChI=1S/C24H25FN4O/c25-17-3-5-21-19(13-17)20-15-29(8-7-22(20)26-21)18-4-1-16-2-6-24(27-23(16)14-18)28-9-11-30-12-10-28/h1-6,14,19,26H,7-13,15H2. The molecule has 2 aromatic rings. The summed E-state index contributed by atoms with van der Waals surface area (Å²) in [6, 6.07) is 10.8. The molecular formula is C24H25FN4O. The summed E-state index contributed by atoms with van der Waals surface area (Å²) >= 11 is 0. The number of rotatable bonds is 2. The maximum absolute atomic E-state index is 13.9. The molecule has 4 aliphatic rings. The van der Waals surface area contributed by atoms with Crippen LogP contribution < -0.4 is 15.1 Å². The van der Waals surface area contributed by atoms with Gasteiger partial charge in [0, 0.05) is 67.4 Å². The molecule has 1 aliphatic carbocycles. The lowest BCUT2D eigenvalue weighted by atomic mass is 9.89. The van der Waals surface area contributed by atoms with Crippen molar-refractivity contribution in [3.63, 3.8) is 0 Å². The van der Waals surface area contributed by atoms with Crippen molar-refractivity contribution in [2.75, 3.05) is 49.2 Å². The third-order valence-corrected chi connectivity index (χ3v) is 6.68. The zero-order valence-electron chi connectivity index (χ0n) is 16.9. The molecule has 154 valence electrons. The number of morpholine rings is 1. The molecule has 30 heavy (non-hydrogen) atoms. The van der Waals surface area contributed by atoms with Crippen LogP contribution in [0.1, 0.15) is 12.8 Å². The average molecular weight is 404 g/mol. The van der Waals surface area contributed by atoms with E-state index in [1.54, 1.807) is 6.08 Å². The summed E-state index contributed by atoms with van der Waals surface area (Å²) in [7, 11) is 0. The van der Waals surface area contributed by atoms with Crippen LogP contribution in [0.25, 0.3) is 10.9 Å². The fraction of sp³-hybridized carbons (Fsp3) is 0.375. The van der Waals surface area contributed by atoms with Crippen LogP contribution in [0.5, 0.6) is 0 Å². The lowest BCUT2D eigenvalue weighted by Gasteiger charge is -2.32. The molecule has 3 aliphatic heterocycles. The predicted molar refractivity (Wildman–Crippen MR) is 117 cm³/mol. The summed E-state index contributed by atoms with van der Waals surface area (Å²) in [6.07, 6.45) is 4.94. The van der Waals surface area contributed by atoms with Gasteiger partial charge in [-0.1, -0.05) is 6.07 Å². The molecule has 4 heterocycles. The van der Waals surface area contributed by atoms with E-state index in [1.807, 2.05) is 6.08 Å². The normalized spacial score (nSPS) is 23.7. The Morgan fingerprint density at radius 3 is 2.80 bits per heavy atom. The van der Waals surface area contributed by atoms with Gasteiger partial charge < -0.3 is 19.9 Å². The quantitative estimate of drug-likeness (QED) is 0.822. The van der Waals surface area contributed by atoms with Crippen LogP contribution in [0, 0.1) is 5.92 Å². The molecule has 5 nitrogen and oxygen atoms in total. The number of nitrogens with zero attached hydrogens (tertiary/aromatic N) is 3. The highest BCUT2D eigenvalue weighted by Gasteiger charge is 2.35. The average Bonchev–Trinajstić information content (AvgIpc) is 3.16. The topological polar surface area (TPSA) is 40.6 Å². The van der Waals surface area contributed by atoms with Gasteiger partial charge in [0.2, 0.25) is 0 Å². The molecule has 0 bridgehead atoms. The molecule has 1 saturated heterocycles. The Kier molecular flexibility index (Phi) is 4.27. The molecule has 1 N–H and O–H groups in total. The van der Waals surface area contributed by atoms with Crippen LogP contribution in [0.4, 0.5) is 15.9 Å². The lowest BCUT2D eigenvalue weighted by Crippen LogP contribution is -2.36. The van der Waals surface area contributed by atoms with Gasteiger partial charge in [0.1, 0.15) is 11.6 Å². The van der Waals surface area contributed by atoms with Crippen molar-refractivity contribution in [1.29, 1.82) is 0 Å². The summed E-state index contributed by atoms with van der Waals surface area (Å²) < 4.78 is 19.4. The summed E-state index contributed by atoms with van der Waals surface area (Å²) in [5.41, 5.74) is 5.99. The predicted octanol–water partition coefficient (Wildman–Crippen LogP) is 3.90. The molecule has 6 rings (SSSR count). The molecule has 0 spiro atoms. The Balaban J connectivity index is 1.27. The second-order valence-electron chi connectivity index (χ2n) is 8.44. The smallest absolute Gasteiger partial charge is 0.129 e. The Hall–Kier alpha value is -2.86. The minimum absolute atomic E-state index is 0.0260. The number of allylic oxidation sites excluding steroid dienone is 4. The van der Waals surface area contributed by atoms with Gasteiger partial charge in [-0.15, -0.1) is 0 Å². The van der Waals surface area contributed by atoms with Gasteiger partial charge in [-0.2, -0.15) is 0 Å². The molecular weight excluding hydrogens is 379 g/mol. The van der Waals surface area contributed by atoms with Gasteiger partial charge in [-0.3, -0.25) is 0 Å². The summed E-state index contributed by atoms with van der Waals surface area (Å²) in [4.78, 5) is 9.64. The van der Waals surface area contributed by atoms with Gasteiger partial charge in [-0.05, 0) is 42.0 Å². The van der Waals surface area contributed by atoms with Crippen LogP contribution in [-0.4, -0.2) is 44.4 Å². The summed E-state index contributed by atoms with van der Waals surface area (Å²) in [5.74, 6) is 1.16. The summed E-state index contributed by atoms with van der Waals surface area (Å²) in [6.45, 7) is 5.08. The first-order valence-electron chi connectivity index (χ1n) is 10.8. The Bertz CT molecular complexity index is 1100. The zero-order chi connectivity index (χ0) is 20.1. The van der Waals surface area contributed by atoms with E-state index in [4.69, 9.17) is 9.72 Å². The Morgan fingerprint density at radius 2 is 1.90 bits per heavy atom. The molecule has 0 radical (unpaired) electrons. The molecule has 0 amide bonds. The van der Waals surface area contributed by atoms with Crippen molar-refractivity contribution in [1.82, 2.24) is 10.3 Å². The van der Waals surface area contributed by atoms with Crippen LogP contribution in [0.15, 0.2) is 65.3 Å². The maximum atomic E-state index is 13.9. The van der Waals surface area contributed by atoms with E-state index in [0.717, 1.165) is 68.2 Å². The molecule has 1 unspecified atom stereocenters. The summed E-state index contributed by atoms with van der Waals surface area (Å²) in [5, 5.41) is 4.69. The molecule has 1 fully saturated rings. The number of ether oxygens (including phenoxy) is 1. The number of hydrogen-bond donors (Lipinski definition) is 1. The SMILES string of the molecule is FC1=CC=C2NC3=C(CN(c4ccc5ccc(N6CCOCC6)nc5c4)CC3)C2C1. The van der Waals surface area contributed by atoms with Gasteiger partial charge in [0.05, 0.1) is 18.7 Å². The highest BCUT2D eigenvalue weighted by atomic mass is 19.1. The number of hydrogen-bond acceptors (Lipinski definition) is 5. The second kappa shape index (κ2) is 7.13.